The number of hydrogen-bond donors (Lipinski definition) is 3. The number of likely N-dealkylation sites (N-methyl/N-ethyl adjacent to an activating group) is 1. The third-order valence-electron chi connectivity index (χ3n) is 6.93. The van der Waals surface area contributed by atoms with Gasteiger partial charge in [-0.15, -0.1) is 0 Å². The number of halogens is 1. The number of nitrogens with one attached hydrogen (secondary N) is 3. The van der Waals surface area contributed by atoms with Crippen LogP contribution in [-0.4, -0.2) is 79.2 Å². The van der Waals surface area contributed by atoms with Crippen LogP contribution in [0, 0.1) is 11.2 Å². The van der Waals surface area contributed by atoms with Crippen LogP contribution in [0.15, 0.2) is 36.9 Å². The number of fused-ring (bicyclic) bond motifs is 2. The second-order valence-corrected chi connectivity index (χ2v) is 10.9. The molecule has 1 fully saturated rings. The van der Waals surface area contributed by atoms with E-state index < -0.39 is 11.2 Å². The number of anilines is 2. The molecule has 1 aliphatic rings. The number of pyridine rings is 3. The highest BCUT2D eigenvalue weighted by molar-refractivity contribution is 5.97. The minimum absolute atomic E-state index is 0.0943. The Hall–Kier alpha value is -4.45. The average Bonchev–Trinajstić information content (AvgIpc) is 3.54. The van der Waals surface area contributed by atoms with Crippen LogP contribution >= 0.6 is 0 Å². The molecule has 12 heteroatoms. The molecule has 5 aromatic heterocycles. The van der Waals surface area contributed by atoms with E-state index in [1.807, 2.05) is 26.8 Å². The Balaban J connectivity index is 1.39. The van der Waals surface area contributed by atoms with Crippen LogP contribution < -0.4 is 10.2 Å². The van der Waals surface area contributed by atoms with Gasteiger partial charge in [-0.05, 0) is 19.2 Å². The Morgan fingerprint density at radius 1 is 1.08 bits per heavy atom. The lowest BCUT2D eigenvalue weighted by Gasteiger charge is -2.33. The van der Waals surface area contributed by atoms with Gasteiger partial charge in [0, 0.05) is 49.6 Å². The Kier molecular flexibility index (Phi) is 5.98. The van der Waals surface area contributed by atoms with Gasteiger partial charge in [0.2, 0.25) is 5.91 Å². The van der Waals surface area contributed by atoms with Crippen LogP contribution in [0.2, 0.25) is 0 Å². The van der Waals surface area contributed by atoms with Gasteiger partial charge < -0.3 is 20.1 Å². The van der Waals surface area contributed by atoms with Crippen molar-refractivity contribution in [1.29, 1.82) is 0 Å². The maximum atomic E-state index is 16.1. The van der Waals surface area contributed by atoms with Gasteiger partial charge in [-0.25, -0.2) is 14.4 Å². The van der Waals surface area contributed by atoms with Gasteiger partial charge in [-0.3, -0.25) is 19.9 Å². The molecule has 5 aromatic rings. The smallest absolute Gasteiger partial charge is 0.229 e. The lowest BCUT2D eigenvalue weighted by atomic mass is 9.95. The molecule has 11 nitrogen and oxygen atoms in total. The Morgan fingerprint density at radius 3 is 2.64 bits per heavy atom. The van der Waals surface area contributed by atoms with Gasteiger partial charge in [0.15, 0.2) is 17.3 Å². The molecular weight excluding hydrogens is 499 g/mol. The highest BCUT2D eigenvalue weighted by Gasteiger charge is 2.24. The summed E-state index contributed by atoms with van der Waals surface area (Å²) >= 11 is 0. The number of hydrogen-bond acceptors (Lipinski definition) is 8. The molecule has 0 aliphatic carbocycles. The minimum atomic E-state index is -0.588. The molecule has 0 aromatic carbocycles. The number of imidazole rings is 1. The monoisotopic (exact) mass is 528 g/mol. The molecule has 1 aliphatic heterocycles. The summed E-state index contributed by atoms with van der Waals surface area (Å²) in [4.78, 5) is 38.0. The minimum Gasteiger partial charge on any atom is -0.367 e. The fourth-order valence-electron chi connectivity index (χ4n) is 4.62. The largest absolute Gasteiger partial charge is 0.367 e. The van der Waals surface area contributed by atoms with Gasteiger partial charge >= 0.3 is 0 Å². The van der Waals surface area contributed by atoms with Gasteiger partial charge in [-0.1, -0.05) is 20.8 Å². The molecule has 200 valence electrons. The summed E-state index contributed by atoms with van der Waals surface area (Å²) in [5.74, 6) is -0.326. The number of piperazine rings is 1. The summed E-state index contributed by atoms with van der Waals surface area (Å²) in [6.07, 6.45) is 6.31. The molecule has 6 heterocycles. The number of carbonyl (C=O) groups is 1. The zero-order valence-electron chi connectivity index (χ0n) is 22.2. The van der Waals surface area contributed by atoms with Crippen molar-refractivity contribution in [3.05, 3.63) is 42.7 Å². The SMILES string of the molecule is CN1CCN(c2ccnc3[nH]c(-c4n[nH]c5cnc(-c6cncc(NC(=O)C(C)(C)C)c6)c(F)c45)nc23)CC1. The maximum absolute atomic E-state index is 16.1. The zero-order valence-corrected chi connectivity index (χ0v) is 22.2. The van der Waals surface area contributed by atoms with E-state index in [-0.39, 0.29) is 17.0 Å². The first-order chi connectivity index (χ1) is 18.7. The summed E-state index contributed by atoms with van der Waals surface area (Å²) in [6.45, 7) is 9.14. The fourth-order valence-corrected chi connectivity index (χ4v) is 4.62. The number of aromatic nitrogens is 7. The standard InChI is InChI=1S/C27H29FN10O/c1-27(2,3)26(39)32-16-11-15(12-29-13-16)21-20(28)19-17(14-31-21)35-36-23(19)25-33-22-18(5-6-30-24(22)34-25)38-9-7-37(4)8-10-38/h5-6,11-14H,7-10H2,1-4H3,(H,32,39)(H,35,36)(H,30,33,34). The van der Waals surface area contributed by atoms with Crippen molar-refractivity contribution < 1.29 is 9.18 Å². The van der Waals surface area contributed by atoms with Crippen molar-refractivity contribution >= 4 is 39.3 Å². The van der Waals surface area contributed by atoms with Crippen LogP contribution in [0.1, 0.15) is 20.8 Å². The molecule has 6 rings (SSSR count). The van der Waals surface area contributed by atoms with E-state index in [0.29, 0.717) is 33.9 Å². The second-order valence-electron chi connectivity index (χ2n) is 10.9. The summed E-state index contributed by atoms with van der Waals surface area (Å²) in [7, 11) is 2.11. The number of nitrogens with zero attached hydrogens (tertiary/aromatic N) is 7. The molecular formula is C27H29FN10O. The average molecular weight is 529 g/mol. The van der Waals surface area contributed by atoms with E-state index in [1.54, 1.807) is 12.3 Å². The van der Waals surface area contributed by atoms with Gasteiger partial charge in [0.25, 0.3) is 0 Å². The van der Waals surface area contributed by atoms with E-state index >= 15 is 4.39 Å². The van der Waals surface area contributed by atoms with Crippen molar-refractivity contribution in [2.75, 3.05) is 43.4 Å². The molecule has 0 atom stereocenters. The van der Waals surface area contributed by atoms with Gasteiger partial charge in [0.1, 0.15) is 16.9 Å². The Morgan fingerprint density at radius 2 is 1.87 bits per heavy atom. The van der Waals surface area contributed by atoms with E-state index in [4.69, 9.17) is 4.98 Å². The van der Waals surface area contributed by atoms with Crippen molar-refractivity contribution in [3.8, 4) is 22.8 Å². The van der Waals surface area contributed by atoms with Crippen LogP contribution in [0.3, 0.4) is 0 Å². The molecule has 0 unspecified atom stereocenters. The van der Waals surface area contributed by atoms with Gasteiger partial charge in [0.05, 0.1) is 34.7 Å². The molecule has 0 bridgehead atoms. The van der Waals surface area contributed by atoms with Crippen molar-refractivity contribution in [2.24, 2.45) is 5.41 Å². The van der Waals surface area contributed by atoms with Gasteiger partial charge in [-0.2, -0.15) is 5.10 Å². The van der Waals surface area contributed by atoms with E-state index in [1.165, 1.54) is 18.6 Å². The number of carbonyl (C=O) groups excluding carboxylic acids is 1. The number of rotatable bonds is 4. The van der Waals surface area contributed by atoms with E-state index in [2.05, 4.69) is 52.3 Å². The third-order valence-corrected chi connectivity index (χ3v) is 6.93. The fraction of sp³-hybridized carbons (Fsp3) is 0.333. The van der Waals surface area contributed by atoms with Crippen LogP contribution in [-0.2, 0) is 4.79 Å². The Labute approximate surface area is 223 Å². The summed E-state index contributed by atoms with van der Waals surface area (Å²) in [6, 6.07) is 3.61. The van der Waals surface area contributed by atoms with E-state index in [0.717, 1.165) is 37.4 Å². The quantitative estimate of drug-likeness (QED) is 0.321. The molecule has 0 saturated carbocycles. The summed E-state index contributed by atoms with van der Waals surface area (Å²) < 4.78 is 16.1. The van der Waals surface area contributed by atoms with Crippen molar-refractivity contribution in [1.82, 2.24) is 40.0 Å². The third kappa shape index (κ3) is 4.56. The van der Waals surface area contributed by atoms with Crippen molar-refractivity contribution in [3.63, 3.8) is 0 Å². The van der Waals surface area contributed by atoms with Crippen LogP contribution in [0.4, 0.5) is 15.8 Å². The lowest BCUT2D eigenvalue weighted by molar-refractivity contribution is -0.123. The normalized spacial score (nSPS) is 14.8. The number of amides is 1. The summed E-state index contributed by atoms with van der Waals surface area (Å²) in [5.41, 5.74) is 3.47. The molecule has 0 radical (unpaired) electrons. The highest BCUT2D eigenvalue weighted by Crippen LogP contribution is 2.34. The molecule has 1 saturated heterocycles. The maximum Gasteiger partial charge on any atom is 0.229 e. The van der Waals surface area contributed by atoms with Crippen LogP contribution in [0.25, 0.3) is 44.8 Å². The van der Waals surface area contributed by atoms with Crippen molar-refractivity contribution in [2.45, 2.75) is 20.8 Å². The highest BCUT2D eigenvalue weighted by atomic mass is 19.1. The number of H-pyrrole nitrogens is 2. The molecule has 0 spiro atoms. The van der Waals surface area contributed by atoms with E-state index in [9.17, 15) is 4.79 Å². The van der Waals surface area contributed by atoms with Crippen LogP contribution in [0.5, 0.6) is 0 Å². The summed E-state index contributed by atoms with van der Waals surface area (Å²) in [5, 5.41) is 10.3. The lowest BCUT2D eigenvalue weighted by Crippen LogP contribution is -2.44. The zero-order chi connectivity index (χ0) is 27.3. The molecule has 3 N–H and O–H groups in total. The topological polar surface area (TPSA) is 132 Å². The predicted molar refractivity (Wildman–Crippen MR) is 148 cm³/mol. The predicted octanol–water partition coefficient (Wildman–Crippen LogP) is 3.83. The molecule has 39 heavy (non-hydrogen) atoms. The second kappa shape index (κ2) is 9.38. The molecule has 1 amide bonds. The first-order valence-corrected chi connectivity index (χ1v) is 12.8. The number of aromatic amines is 2. The first-order valence-electron chi connectivity index (χ1n) is 12.8. The Bertz CT molecular complexity index is 1690. The first kappa shape index (κ1) is 24.9.